The van der Waals surface area contributed by atoms with Crippen LogP contribution < -0.4 is 16.2 Å². The van der Waals surface area contributed by atoms with E-state index in [1.165, 1.54) is 5.56 Å². The molecule has 8 nitrogen and oxygen atoms in total. The minimum atomic E-state index is -0.177. The van der Waals surface area contributed by atoms with Crippen molar-refractivity contribution in [2.75, 3.05) is 49.9 Å². The van der Waals surface area contributed by atoms with Crippen molar-refractivity contribution in [1.82, 2.24) is 24.8 Å². The number of hydrogen-bond donors (Lipinski definition) is 3. The zero-order valence-electron chi connectivity index (χ0n) is 21.8. The molecule has 5 rings (SSSR count). The van der Waals surface area contributed by atoms with Gasteiger partial charge in [0, 0.05) is 50.3 Å². The van der Waals surface area contributed by atoms with Gasteiger partial charge >= 0.3 is 0 Å². The number of rotatable bonds is 8. The van der Waals surface area contributed by atoms with Gasteiger partial charge in [-0.1, -0.05) is 19.1 Å². The molecule has 8 heteroatoms. The zero-order valence-corrected chi connectivity index (χ0v) is 21.8. The van der Waals surface area contributed by atoms with Gasteiger partial charge in [0.05, 0.1) is 5.39 Å². The maximum absolute atomic E-state index is 12.7. The summed E-state index contributed by atoms with van der Waals surface area (Å²) in [5.41, 5.74) is 4.06. The molecular formula is C29H35N7O. The molecule has 1 saturated heterocycles. The highest BCUT2D eigenvalue weighted by molar-refractivity contribution is 5.94. The Balaban J connectivity index is 1.32. The van der Waals surface area contributed by atoms with Crippen molar-refractivity contribution in [1.29, 1.82) is 0 Å². The van der Waals surface area contributed by atoms with Crippen molar-refractivity contribution in [3.05, 3.63) is 81.9 Å². The minimum absolute atomic E-state index is 0.177. The number of aryl methyl sites for hydroxylation is 2. The number of aromatic nitrogens is 3. The Kier molecular flexibility index (Phi) is 7.48. The van der Waals surface area contributed by atoms with Crippen LogP contribution in [0.4, 0.5) is 23.1 Å². The molecule has 3 aromatic heterocycles. The van der Waals surface area contributed by atoms with Gasteiger partial charge in [0.2, 0.25) is 0 Å². The normalized spacial score (nSPS) is 14.7. The Hall–Kier alpha value is -3.75. The van der Waals surface area contributed by atoms with Gasteiger partial charge < -0.3 is 25.4 Å². The predicted molar refractivity (Wildman–Crippen MR) is 151 cm³/mol. The summed E-state index contributed by atoms with van der Waals surface area (Å²) in [5, 5.41) is 8.00. The van der Waals surface area contributed by atoms with Crippen LogP contribution >= 0.6 is 0 Å². The number of nitrogens with one attached hydrogen (secondary N) is 3. The highest BCUT2D eigenvalue weighted by Gasteiger charge is 2.15. The fraction of sp³-hybridized carbons (Fsp3) is 0.345. The second kappa shape index (κ2) is 11.1. The van der Waals surface area contributed by atoms with Gasteiger partial charge in [-0.05, 0) is 79.7 Å². The van der Waals surface area contributed by atoms with Gasteiger partial charge in [0.1, 0.15) is 17.5 Å². The summed E-state index contributed by atoms with van der Waals surface area (Å²) >= 11 is 0. The Morgan fingerprint density at radius 1 is 0.892 bits per heavy atom. The summed E-state index contributed by atoms with van der Waals surface area (Å²) < 4.78 is 0. The van der Waals surface area contributed by atoms with Crippen molar-refractivity contribution in [3.8, 4) is 0 Å². The SMILES string of the molecule is CCN1CCN(CCc2ccc(Nc3nc(Nc4cc(C)cc(C)n4)cc4cc[nH]c(=O)c34)cc2)CC1. The summed E-state index contributed by atoms with van der Waals surface area (Å²) in [7, 11) is 0. The number of fused-ring (bicyclic) bond motifs is 1. The van der Waals surface area contributed by atoms with Gasteiger partial charge in [-0.15, -0.1) is 0 Å². The number of hydrogen-bond acceptors (Lipinski definition) is 7. The predicted octanol–water partition coefficient (Wildman–Crippen LogP) is 4.60. The molecule has 1 aliphatic heterocycles. The lowest BCUT2D eigenvalue weighted by molar-refractivity contribution is 0.138. The maximum Gasteiger partial charge on any atom is 0.259 e. The molecule has 4 heterocycles. The molecule has 4 aromatic rings. The molecule has 3 N–H and O–H groups in total. The first-order valence-electron chi connectivity index (χ1n) is 13.0. The van der Waals surface area contributed by atoms with Crippen LogP contribution in [0.5, 0.6) is 0 Å². The maximum atomic E-state index is 12.7. The molecule has 0 amide bonds. The Morgan fingerprint density at radius 3 is 2.35 bits per heavy atom. The summed E-state index contributed by atoms with van der Waals surface area (Å²) in [4.78, 5) is 29.8. The van der Waals surface area contributed by atoms with Gasteiger partial charge in [-0.3, -0.25) is 4.79 Å². The van der Waals surface area contributed by atoms with Crippen LogP contribution in [0.1, 0.15) is 23.7 Å². The van der Waals surface area contributed by atoms with E-state index in [0.717, 1.165) is 73.8 Å². The van der Waals surface area contributed by atoms with Gasteiger partial charge in [-0.25, -0.2) is 9.97 Å². The van der Waals surface area contributed by atoms with E-state index in [4.69, 9.17) is 4.98 Å². The third-order valence-electron chi connectivity index (χ3n) is 6.95. The second-order valence-corrected chi connectivity index (χ2v) is 9.77. The Bertz CT molecular complexity index is 1400. The van der Waals surface area contributed by atoms with E-state index in [1.807, 2.05) is 38.1 Å². The van der Waals surface area contributed by atoms with Crippen molar-refractivity contribution in [2.24, 2.45) is 0 Å². The molecule has 0 aliphatic carbocycles. The Morgan fingerprint density at radius 2 is 1.62 bits per heavy atom. The molecule has 37 heavy (non-hydrogen) atoms. The average molecular weight is 498 g/mol. The van der Waals surface area contributed by atoms with Crippen LogP contribution in [0.15, 0.2) is 59.5 Å². The fourth-order valence-corrected chi connectivity index (χ4v) is 4.91. The number of aromatic amines is 1. The first-order valence-corrected chi connectivity index (χ1v) is 13.0. The average Bonchev–Trinajstić information content (AvgIpc) is 2.88. The smallest absolute Gasteiger partial charge is 0.259 e. The molecule has 0 radical (unpaired) electrons. The third kappa shape index (κ3) is 6.15. The number of pyridine rings is 3. The topological polar surface area (TPSA) is 89.2 Å². The van der Waals surface area contributed by atoms with E-state index >= 15 is 0 Å². The van der Waals surface area contributed by atoms with Gasteiger partial charge in [0.25, 0.3) is 5.56 Å². The monoisotopic (exact) mass is 497 g/mol. The Labute approximate surface area is 217 Å². The van der Waals surface area contributed by atoms with Crippen LogP contribution in [0, 0.1) is 13.8 Å². The molecule has 0 spiro atoms. The fourth-order valence-electron chi connectivity index (χ4n) is 4.91. The number of benzene rings is 1. The number of anilines is 4. The molecule has 0 bridgehead atoms. The molecule has 0 atom stereocenters. The lowest BCUT2D eigenvalue weighted by Crippen LogP contribution is -2.46. The first-order chi connectivity index (χ1) is 18.0. The molecule has 1 aliphatic rings. The molecule has 0 unspecified atom stereocenters. The number of nitrogens with zero attached hydrogens (tertiary/aromatic N) is 4. The molecular weight excluding hydrogens is 462 g/mol. The van der Waals surface area contributed by atoms with E-state index < -0.39 is 0 Å². The van der Waals surface area contributed by atoms with Crippen LogP contribution in [0.3, 0.4) is 0 Å². The molecule has 192 valence electrons. The second-order valence-electron chi connectivity index (χ2n) is 9.77. The first kappa shape index (κ1) is 24.9. The number of likely N-dealkylation sites (N-methyl/N-ethyl adjacent to an activating group) is 1. The van der Waals surface area contributed by atoms with Gasteiger partial charge in [0.15, 0.2) is 0 Å². The summed E-state index contributed by atoms with van der Waals surface area (Å²) in [5.74, 6) is 1.85. The van der Waals surface area contributed by atoms with E-state index in [-0.39, 0.29) is 5.56 Å². The zero-order chi connectivity index (χ0) is 25.8. The summed E-state index contributed by atoms with van der Waals surface area (Å²) in [6.45, 7) is 13.1. The summed E-state index contributed by atoms with van der Waals surface area (Å²) in [6, 6.07) is 16.2. The van der Waals surface area contributed by atoms with Crippen molar-refractivity contribution in [2.45, 2.75) is 27.2 Å². The van der Waals surface area contributed by atoms with E-state index in [0.29, 0.717) is 17.0 Å². The van der Waals surface area contributed by atoms with Crippen LogP contribution in [0.2, 0.25) is 0 Å². The van der Waals surface area contributed by atoms with E-state index in [9.17, 15) is 4.79 Å². The number of H-pyrrole nitrogens is 1. The van der Waals surface area contributed by atoms with Crippen molar-refractivity contribution in [3.63, 3.8) is 0 Å². The third-order valence-corrected chi connectivity index (χ3v) is 6.95. The van der Waals surface area contributed by atoms with Crippen molar-refractivity contribution >= 4 is 33.9 Å². The quantitative estimate of drug-likeness (QED) is 0.328. The lowest BCUT2D eigenvalue weighted by atomic mass is 10.1. The standard InChI is InChI=1S/C29H35N7O/c1-4-35-13-15-36(16-14-35)12-10-22-5-7-24(8-6-22)32-28-27-23(9-11-30-29(27)37)19-26(34-28)33-25-18-20(2)17-21(3)31-25/h5-9,11,17-19H,4,10,12-16H2,1-3H3,(H,30,37)(H2,31,32,33,34). The van der Waals surface area contributed by atoms with Crippen LogP contribution in [-0.2, 0) is 6.42 Å². The minimum Gasteiger partial charge on any atom is -0.339 e. The number of piperazine rings is 1. The van der Waals surface area contributed by atoms with Gasteiger partial charge in [-0.2, -0.15) is 0 Å². The lowest BCUT2D eigenvalue weighted by Gasteiger charge is -2.34. The highest BCUT2D eigenvalue weighted by Crippen LogP contribution is 2.26. The largest absolute Gasteiger partial charge is 0.339 e. The summed E-state index contributed by atoms with van der Waals surface area (Å²) in [6.07, 6.45) is 2.68. The molecule has 1 fully saturated rings. The molecule has 1 aromatic carbocycles. The highest BCUT2D eigenvalue weighted by atomic mass is 16.1. The van der Waals surface area contributed by atoms with E-state index in [1.54, 1.807) is 6.20 Å². The molecule has 0 saturated carbocycles. The van der Waals surface area contributed by atoms with Crippen LogP contribution in [-0.4, -0.2) is 64.0 Å². The van der Waals surface area contributed by atoms with Crippen LogP contribution in [0.25, 0.3) is 10.8 Å². The van der Waals surface area contributed by atoms with E-state index in [2.05, 4.69) is 61.6 Å². The van der Waals surface area contributed by atoms with Crippen molar-refractivity contribution < 1.29 is 0 Å².